The van der Waals surface area contributed by atoms with E-state index in [0.29, 0.717) is 0 Å². The Morgan fingerprint density at radius 2 is 1.82 bits per heavy atom. The summed E-state index contributed by atoms with van der Waals surface area (Å²) in [6.45, 7) is 6.23. The van der Waals surface area contributed by atoms with Crippen LogP contribution >= 0.6 is 0 Å². The van der Waals surface area contributed by atoms with E-state index in [1.54, 1.807) is 6.92 Å². The molecule has 16 heteroatoms. The molecule has 0 aliphatic carbocycles. The molecule has 244 valence electrons. The Bertz CT molecular complexity index is 1640. The van der Waals surface area contributed by atoms with Gasteiger partial charge in [-0.05, 0) is 63.2 Å². The normalized spacial score (nSPS) is 17.9. The van der Waals surface area contributed by atoms with Gasteiger partial charge in [-0.2, -0.15) is 13.2 Å². The zero-order valence-electron chi connectivity index (χ0n) is 25.2. The van der Waals surface area contributed by atoms with Gasteiger partial charge in [0.1, 0.15) is 17.5 Å². The second-order valence-electron chi connectivity index (χ2n) is 11.0. The molecule has 3 aromatic rings. The lowest BCUT2D eigenvalue weighted by molar-refractivity contribution is -0.137. The van der Waals surface area contributed by atoms with Gasteiger partial charge in [-0.3, -0.25) is 9.52 Å². The van der Waals surface area contributed by atoms with E-state index in [4.69, 9.17) is 9.26 Å². The van der Waals surface area contributed by atoms with Crippen molar-refractivity contribution in [3.05, 3.63) is 65.0 Å². The zero-order valence-corrected chi connectivity index (χ0v) is 26.0. The molecule has 0 bridgehead atoms. The highest BCUT2D eigenvalue weighted by molar-refractivity contribution is 7.92. The second-order valence-corrected chi connectivity index (χ2v) is 12.6. The Hall–Kier alpha value is -4.31. The number of aromatic nitrogens is 1. The monoisotopic (exact) mass is 653 g/mol. The molecule has 1 aliphatic heterocycles. The highest BCUT2D eigenvalue weighted by atomic mass is 32.2. The number of fused-ring (bicyclic) bond motifs is 1. The van der Waals surface area contributed by atoms with E-state index in [9.17, 15) is 36.3 Å². The number of halogens is 3. The third kappa shape index (κ3) is 7.50. The molecule has 0 fully saturated rings. The summed E-state index contributed by atoms with van der Waals surface area (Å²) in [5.74, 6) is -0.626. The molecule has 1 aliphatic rings. The first-order valence-corrected chi connectivity index (χ1v) is 15.4. The highest BCUT2D eigenvalue weighted by Gasteiger charge is 2.35. The fraction of sp³-hybridized carbons (Fsp3) is 0.414. The molecule has 0 saturated heterocycles. The van der Waals surface area contributed by atoms with Crippen LogP contribution in [0.25, 0.3) is 0 Å². The molecule has 0 spiro atoms. The maximum absolute atomic E-state index is 13.7. The molecule has 0 unspecified atom stereocenters. The van der Waals surface area contributed by atoms with Gasteiger partial charge in [0, 0.05) is 30.9 Å². The third-order valence-electron chi connectivity index (χ3n) is 7.42. The molecule has 3 atom stereocenters. The summed E-state index contributed by atoms with van der Waals surface area (Å²) < 4.78 is 78.6. The number of urea groups is 1. The summed E-state index contributed by atoms with van der Waals surface area (Å²) in [6.07, 6.45) is -5.19. The van der Waals surface area contributed by atoms with E-state index in [0.717, 1.165) is 24.3 Å². The van der Waals surface area contributed by atoms with Gasteiger partial charge >= 0.3 is 12.2 Å². The number of hydrogen-bond acceptors (Lipinski definition) is 8. The summed E-state index contributed by atoms with van der Waals surface area (Å²) in [7, 11) is -2.64. The predicted molar refractivity (Wildman–Crippen MR) is 157 cm³/mol. The standard InChI is InChI=1S/C29H34F3N5O7S/c1-16-13-37(17(2)15-38)27(39)23-12-22(35-45(41,42)26-18(3)34-44-19(26)4)10-11-24(23)43-25(16)14-36(5)28(40)33-21-8-6-20(7-9-21)29(30,31)32/h6-12,16-17,25,35,38H,13-15H2,1-5H3,(H,33,40)/t16-,17+,25-/m0/s1. The number of anilines is 2. The summed E-state index contributed by atoms with van der Waals surface area (Å²) in [4.78, 5) is 29.3. The third-order valence-corrected chi connectivity index (χ3v) is 9.04. The van der Waals surface area contributed by atoms with E-state index in [-0.39, 0.29) is 64.7 Å². The fourth-order valence-electron chi connectivity index (χ4n) is 4.88. The van der Waals surface area contributed by atoms with E-state index in [1.165, 1.54) is 48.9 Å². The topological polar surface area (TPSA) is 154 Å². The number of hydrogen-bond donors (Lipinski definition) is 3. The van der Waals surface area contributed by atoms with Gasteiger partial charge in [0.15, 0.2) is 10.7 Å². The molecular weight excluding hydrogens is 619 g/mol. The number of carbonyl (C=O) groups excluding carboxylic acids is 2. The van der Waals surface area contributed by atoms with Gasteiger partial charge in [-0.15, -0.1) is 0 Å². The minimum atomic E-state index is -4.51. The van der Waals surface area contributed by atoms with Crippen molar-refractivity contribution in [2.75, 3.05) is 36.8 Å². The number of nitrogens with zero attached hydrogens (tertiary/aromatic N) is 3. The second kappa shape index (κ2) is 13.0. The average molecular weight is 654 g/mol. The van der Waals surface area contributed by atoms with Gasteiger partial charge in [0.05, 0.1) is 30.3 Å². The van der Waals surface area contributed by atoms with Crippen molar-refractivity contribution < 1.29 is 45.5 Å². The number of benzene rings is 2. The molecule has 4 rings (SSSR count). The van der Waals surface area contributed by atoms with Gasteiger partial charge in [0.25, 0.3) is 15.9 Å². The minimum Gasteiger partial charge on any atom is -0.487 e. The first kappa shape index (κ1) is 33.6. The number of aliphatic hydroxyl groups excluding tert-OH is 1. The lowest BCUT2D eigenvalue weighted by Gasteiger charge is -2.38. The van der Waals surface area contributed by atoms with Crippen LogP contribution in [0.2, 0.25) is 0 Å². The maximum atomic E-state index is 13.7. The summed E-state index contributed by atoms with van der Waals surface area (Å²) in [5, 5.41) is 16.1. The highest BCUT2D eigenvalue weighted by Crippen LogP contribution is 2.33. The van der Waals surface area contributed by atoms with Crippen LogP contribution < -0.4 is 14.8 Å². The number of aliphatic hydroxyl groups is 1. The quantitative estimate of drug-likeness (QED) is 0.321. The Labute approximate surface area is 258 Å². The van der Waals surface area contributed by atoms with Crippen molar-refractivity contribution >= 4 is 33.3 Å². The van der Waals surface area contributed by atoms with Crippen molar-refractivity contribution in [2.24, 2.45) is 5.92 Å². The number of nitrogens with one attached hydrogen (secondary N) is 2. The molecule has 12 nitrogen and oxygen atoms in total. The van der Waals surface area contributed by atoms with Gasteiger partial charge in [-0.25, -0.2) is 13.2 Å². The van der Waals surface area contributed by atoms with Crippen molar-refractivity contribution in [3.63, 3.8) is 0 Å². The van der Waals surface area contributed by atoms with Crippen molar-refractivity contribution in [2.45, 2.75) is 50.9 Å². The van der Waals surface area contributed by atoms with E-state index >= 15 is 0 Å². The molecule has 3 amide bonds. The molecule has 45 heavy (non-hydrogen) atoms. The molecule has 0 saturated carbocycles. The Morgan fingerprint density at radius 3 is 2.40 bits per heavy atom. The first-order valence-electron chi connectivity index (χ1n) is 13.9. The largest absolute Gasteiger partial charge is 0.487 e. The predicted octanol–water partition coefficient (Wildman–Crippen LogP) is 4.50. The van der Waals surface area contributed by atoms with Crippen molar-refractivity contribution in [1.82, 2.24) is 15.0 Å². The molecule has 3 N–H and O–H groups in total. The molecule has 1 aromatic heterocycles. The van der Waals surface area contributed by atoms with E-state index < -0.39 is 45.8 Å². The maximum Gasteiger partial charge on any atom is 0.416 e. The van der Waals surface area contributed by atoms with Crippen LogP contribution in [0.1, 0.15) is 41.2 Å². The lowest BCUT2D eigenvalue weighted by atomic mass is 9.99. The van der Waals surface area contributed by atoms with Crippen LogP contribution in [0, 0.1) is 19.8 Å². The first-order chi connectivity index (χ1) is 21.0. The number of sulfonamides is 1. The van der Waals surface area contributed by atoms with Gasteiger partial charge in [0.2, 0.25) is 0 Å². The van der Waals surface area contributed by atoms with Crippen LogP contribution in [0.4, 0.5) is 29.3 Å². The van der Waals surface area contributed by atoms with Crippen LogP contribution in [0.5, 0.6) is 5.75 Å². The number of rotatable bonds is 8. The molecule has 2 heterocycles. The van der Waals surface area contributed by atoms with E-state index in [2.05, 4.69) is 15.2 Å². The fourth-order valence-corrected chi connectivity index (χ4v) is 6.26. The Balaban J connectivity index is 1.59. The number of carbonyl (C=O) groups is 2. The number of amides is 3. The van der Waals surface area contributed by atoms with Crippen molar-refractivity contribution in [3.8, 4) is 5.75 Å². The molecule has 0 radical (unpaired) electrons. The van der Waals surface area contributed by atoms with Gasteiger partial charge < -0.3 is 29.5 Å². The van der Waals surface area contributed by atoms with Crippen molar-refractivity contribution in [1.29, 1.82) is 0 Å². The number of alkyl halides is 3. The Morgan fingerprint density at radius 1 is 1.18 bits per heavy atom. The summed E-state index contributed by atoms with van der Waals surface area (Å²) >= 11 is 0. The minimum absolute atomic E-state index is 0.0169. The summed E-state index contributed by atoms with van der Waals surface area (Å²) in [6, 6.07) is 7.02. The number of likely N-dealkylation sites (N-methyl/N-ethyl adjacent to an activating group) is 1. The average Bonchev–Trinajstić information content (AvgIpc) is 3.32. The van der Waals surface area contributed by atoms with E-state index in [1.807, 2.05) is 6.92 Å². The van der Waals surface area contributed by atoms with Crippen LogP contribution in [0.15, 0.2) is 51.9 Å². The smallest absolute Gasteiger partial charge is 0.416 e. The Kier molecular flexibility index (Phi) is 9.68. The SMILES string of the molecule is Cc1noc(C)c1S(=O)(=O)Nc1ccc2c(c1)C(=O)N([C@H](C)CO)C[C@H](C)[C@H](CN(C)C(=O)Nc1ccc(C(F)(F)F)cc1)O2. The molecular formula is C29H34F3N5O7S. The van der Waals surface area contributed by atoms with Crippen LogP contribution in [-0.2, 0) is 16.2 Å². The van der Waals surface area contributed by atoms with Crippen LogP contribution in [0.3, 0.4) is 0 Å². The number of aryl methyl sites for hydroxylation is 2. The molecule has 2 aromatic carbocycles. The summed E-state index contributed by atoms with van der Waals surface area (Å²) in [5.41, 5.74) is -0.419. The number of ether oxygens (including phenoxy) is 1. The van der Waals surface area contributed by atoms with Crippen LogP contribution in [-0.4, -0.2) is 79.3 Å². The van der Waals surface area contributed by atoms with Gasteiger partial charge in [-0.1, -0.05) is 12.1 Å². The zero-order chi connectivity index (χ0) is 33.3. The lowest BCUT2D eigenvalue weighted by Crippen LogP contribution is -2.50.